The number of hydrogen-bond donors (Lipinski definition) is 1. The van der Waals surface area contributed by atoms with Crippen LogP contribution in [0.25, 0.3) is 11.4 Å². The van der Waals surface area contributed by atoms with Crippen molar-refractivity contribution in [1.29, 1.82) is 0 Å². The summed E-state index contributed by atoms with van der Waals surface area (Å²) >= 11 is 0. The molecule has 0 radical (unpaired) electrons. The first kappa shape index (κ1) is 21.4. The number of hydrogen-bond acceptors (Lipinski definition) is 5. The highest BCUT2D eigenvalue weighted by molar-refractivity contribution is 5.98. The molecule has 3 unspecified atom stereocenters. The third kappa shape index (κ3) is 4.27. The molecule has 7 heteroatoms. The monoisotopic (exact) mass is 444 g/mol. The average Bonchev–Trinajstić information content (AvgIpc) is 3.33. The molecule has 1 aromatic heterocycles. The van der Waals surface area contributed by atoms with Gasteiger partial charge in [-0.3, -0.25) is 9.69 Å². The fraction of sp³-hybridized carbons (Fsp3) is 0.385. The Morgan fingerprint density at radius 2 is 1.76 bits per heavy atom. The van der Waals surface area contributed by atoms with Gasteiger partial charge in [0.15, 0.2) is 0 Å². The number of aromatic nitrogens is 2. The molecule has 170 valence electrons. The molecule has 5 rings (SSSR count). The summed E-state index contributed by atoms with van der Waals surface area (Å²) in [6.07, 6.45) is 3.06. The number of rotatable bonds is 5. The summed E-state index contributed by atoms with van der Waals surface area (Å²) in [4.78, 5) is 31.9. The third-order valence-electron chi connectivity index (χ3n) is 6.86. The van der Waals surface area contributed by atoms with E-state index in [0.717, 1.165) is 29.5 Å². The Morgan fingerprint density at radius 3 is 2.48 bits per heavy atom. The second-order valence-electron chi connectivity index (χ2n) is 9.09. The van der Waals surface area contributed by atoms with Crippen LogP contribution in [0.15, 0.2) is 53.1 Å². The summed E-state index contributed by atoms with van der Waals surface area (Å²) in [7, 11) is 0. The van der Waals surface area contributed by atoms with Gasteiger partial charge in [0.1, 0.15) is 0 Å². The van der Waals surface area contributed by atoms with Gasteiger partial charge in [0.05, 0.1) is 12.5 Å². The molecule has 1 saturated carbocycles. The molecule has 3 aromatic rings. The Bertz CT molecular complexity index is 1150. The van der Waals surface area contributed by atoms with Crippen molar-refractivity contribution in [3.05, 3.63) is 71.1 Å². The Kier molecular flexibility index (Phi) is 5.70. The number of carbonyl (C=O) groups excluding carboxylic acids is 2. The molecule has 33 heavy (non-hydrogen) atoms. The Hall–Kier alpha value is -3.48. The van der Waals surface area contributed by atoms with Crippen LogP contribution in [0.5, 0.6) is 0 Å². The second-order valence-corrected chi connectivity index (χ2v) is 9.09. The minimum absolute atomic E-state index is 0.0270. The number of carbonyl (C=O) groups is 2. The topological polar surface area (TPSA) is 88.3 Å². The lowest BCUT2D eigenvalue weighted by molar-refractivity contribution is -0.137. The first-order valence-electron chi connectivity index (χ1n) is 11.6. The summed E-state index contributed by atoms with van der Waals surface area (Å²) in [6.45, 7) is 4.43. The van der Waals surface area contributed by atoms with Gasteiger partial charge in [-0.2, -0.15) is 4.98 Å². The maximum atomic E-state index is 13.1. The number of benzene rings is 2. The van der Waals surface area contributed by atoms with Crippen LogP contribution in [0.2, 0.25) is 0 Å². The highest BCUT2D eigenvalue weighted by Gasteiger charge is 2.45. The van der Waals surface area contributed by atoms with E-state index in [1.54, 1.807) is 0 Å². The van der Waals surface area contributed by atoms with Crippen LogP contribution in [-0.2, 0) is 17.8 Å². The van der Waals surface area contributed by atoms with Crippen LogP contribution < -0.4 is 5.32 Å². The lowest BCUT2D eigenvalue weighted by atomic mass is 9.76. The Labute approximate surface area is 193 Å². The van der Waals surface area contributed by atoms with Gasteiger partial charge in [-0.25, -0.2) is 4.79 Å². The summed E-state index contributed by atoms with van der Waals surface area (Å²) < 4.78 is 5.59. The van der Waals surface area contributed by atoms with Crippen LogP contribution in [0, 0.1) is 12.8 Å². The van der Waals surface area contributed by atoms with E-state index in [0.29, 0.717) is 31.1 Å². The first-order chi connectivity index (χ1) is 16.0. The van der Waals surface area contributed by atoms with Gasteiger partial charge in [0.2, 0.25) is 17.6 Å². The Balaban J connectivity index is 1.26. The molecule has 2 heterocycles. The molecule has 2 aliphatic rings. The molecule has 1 N–H and O–H groups in total. The van der Waals surface area contributed by atoms with Crippen molar-refractivity contribution >= 4 is 11.9 Å². The summed E-state index contributed by atoms with van der Waals surface area (Å²) in [5, 5.41) is 7.23. The zero-order valence-electron chi connectivity index (χ0n) is 19.0. The van der Waals surface area contributed by atoms with Crippen molar-refractivity contribution in [2.45, 2.75) is 58.0 Å². The third-order valence-corrected chi connectivity index (χ3v) is 6.86. The number of nitrogens with zero attached hydrogens (tertiary/aromatic N) is 3. The SMILES string of the molecule is CCc1ccc(-c2noc(C3CCC4C(=O)N(Cc5ccc(C)cc5)C(=O)NC4C3)n2)cc1. The molecule has 3 atom stereocenters. The molecule has 1 aliphatic heterocycles. The van der Waals surface area contributed by atoms with E-state index in [2.05, 4.69) is 34.5 Å². The van der Waals surface area contributed by atoms with Gasteiger partial charge in [-0.1, -0.05) is 66.2 Å². The molecule has 2 fully saturated rings. The number of fused-ring (bicyclic) bond motifs is 1. The van der Waals surface area contributed by atoms with Crippen molar-refractivity contribution in [1.82, 2.24) is 20.4 Å². The van der Waals surface area contributed by atoms with Crippen LogP contribution >= 0.6 is 0 Å². The number of urea groups is 1. The van der Waals surface area contributed by atoms with E-state index in [9.17, 15) is 9.59 Å². The van der Waals surface area contributed by atoms with Crippen LogP contribution in [0.4, 0.5) is 4.79 Å². The number of aryl methyl sites for hydroxylation is 2. The van der Waals surface area contributed by atoms with E-state index in [-0.39, 0.29) is 29.8 Å². The molecule has 2 aromatic carbocycles. The smallest absolute Gasteiger partial charge is 0.324 e. The molecule has 3 amide bonds. The number of amides is 3. The largest absolute Gasteiger partial charge is 0.339 e. The van der Waals surface area contributed by atoms with E-state index in [4.69, 9.17) is 4.52 Å². The zero-order chi connectivity index (χ0) is 22.9. The molecule has 7 nitrogen and oxygen atoms in total. The molecule has 1 saturated heterocycles. The minimum Gasteiger partial charge on any atom is -0.339 e. The van der Waals surface area contributed by atoms with Crippen LogP contribution in [-0.4, -0.2) is 33.0 Å². The van der Waals surface area contributed by atoms with E-state index in [1.165, 1.54) is 10.5 Å². The van der Waals surface area contributed by atoms with Gasteiger partial charge in [-0.05, 0) is 43.7 Å². The number of imide groups is 1. The van der Waals surface area contributed by atoms with Crippen molar-refractivity contribution in [3.8, 4) is 11.4 Å². The van der Waals surface area contributed by atoms with Crippen molar-refractivity contribution in [2.75, 3.05) is 0 Å². The predicted octanol–water partition coefficient (Wildman–Crippen LogP) is 4.61. The van der Waals surface area contributed by atoms with Gasteiger partial charge < -0.3 is 9.84 Å². The molecule has 1 aliphatic carbocycles. The summed E-state index contributed by atoms with van der Waals surface area (Å²) in [5.41, 5.74) is 4.27. The zero-order valence-corrected chi connectivity index (χ0v) is 19.0. The Morgan fingerprint density at radius 1 is 1.03 bits per heavy atom. The lowest BCUT2D eigenvalue weighted by Crippen LogP contribution is -2.60. The highest BCUT2D eigenvalue weighted by Crippen LogP contribution is 2.38. The maximum Gasteiger partial charge on any atom is 0.324 e. The first-order valence-corrected chi connectivity index (χ1v) is 11.6. The highest BCUT2D eigenvalue weighted by atomic mass is 16.5. The van der Waals surface area contributed by atoms with E-state index >= 15 is 0 Å². The standard InChI is InChI=1S/C26H28N4O3/c1-3-17-8-10-19(11-9-17)23-28-24(33-29-23)20-12-13-21-22(14-20)27-26(32)30(25(21)31)15-18-6-4-16(2)5-7-18/h4-11,20-22H,3,12-15H2,1-2H3,(H,27,32). The van der Waals surface area contributed by atoms with Crippen molar-refractivity contribution in [3.63, 3.8) is 0 Å². The predicted molar refractivity (Wildman–Crippen MR) is 123 cm³/mol. The fourth-order valence-electron chi connectivity index (χ4n) is 4.82. The molecular formula is C26H28N4O3. The maximum absolute atomic E-state index is 13.1. The van der Waals surface area contributed by atoms with Crippen molar-refractivity contribution < 1.29 is 14.1 Å². The second kappa shape index (κ2) is 8.81. The van der Waals surface area contributed by atoms with Crippen LogP contribution in [0.1, 0.15) is 54.7 Å². The molecule has 0 spiro atoms. The average molecular weight is 445 g/mol. The summed E-state index contributed by atoms with van der Waals surface area (Å²) in [6, 6.07) is 15.5. The minimum atomic E-state index is -0.329. The van der Waals surface area contributed by atoms with Crippen LogP contribution in [0.3, 0.4) is 0 Å². The molecular weight excluding hydrogens is 416 g/mol. The van der Waals surface area contributed by atoms with Gasteiger partial charge in [0, 0.05) is 17.5 Å². The normalized spacial score (nSPS) is 22.7. The lowest BCUT2D eigenvalue weighted by Gasteiger charge is -2.41. The van der Waals surface area contributed by atoms with E-state index < -0.39 is 0 Å². The van der Waals surface area contributed by atoms with E-state index in [1.807, 2.05) is 43.3 Å². The van der Waals surface area contributed by atoms with Crippen molar-refractivity contribution in [2.24, 2.45) is 5.92 Å². The van der Waals surface area contributed by atoms with Gasteiger partial charge in [-0.15, -0.1) is 0 Å². The van der Waals surface area contributed by atoms with Gasteiger partial charge in [0.25, 0.3) is 0 Å². The molecule has 0 bridgehead atoms. The fourth-order valence-corrected chi connectivity index (χ4v) is 4.82. The number of nitrogens with one attached hydrogen (secondary N) is 1. The summed E-state index contributed by atoms with van der Waals surface area (Å²) in [5.74, 6) is 0.868. The van der Waals surface area contributed by atoms with Gasteiger partial charge >= 0.3 is 6.03 Å². The quantitative estimate of drug-likeness (QED) is 0.621.